The molecule has 0 radical (unpaired) electrons. The molecule has 1 aromatic carbocycles. The molecule has 0 fully saturated rings. The molecule has 2 aromatic rings. The Balaban J connectivity index is 2.00. The fourth-order valence-corrected chi connectivity index (χ4v) is 3.77. The van der Waals surface area contributed by atoms with Gasteiger partial charge in [-0.25, -0.2) is 0 Å². The van der Waals surface area contributed by atoms with Crippen molar-refractivity contribution in [1.82, 2.24) is 4.90 Å². The van der Waals surface area contributed by atoms with Crippen LogP contribution in [0.25, 0.3) is 10.4 Å². The fraction of sp³-hybridized carbons (Fsp3) is 0.312. The molecule has 5 heteroatoms. The Morgan fingerprint density at radius 2 is 2.19 bits per heavy atom. The number of hydrogen-bond acceptors (Lipinski definition) is 5. The molecule has 0 bridgehead atoms. The number of benzene rings is 1. The molecule has 1 aliphatic heterocycles. The molecule has 0 saturated heterocycles. The zero-order valence-corrected chi connectivity index (χ0v) is 13.4. The molecule has 4 nitrogen and oxygen atoms in total. The maximum Gasteiger partial charge on any atom is 0.171 e. The predicted octanol–water partition coefficient (Wildman–Crippen LogP) is 2.87. The van der Waals surface area contributed by atoms with Gasteiger partial charge in [-0.1, -0.05) is 18.2 Å². The van der Waals surface area contributed by atoms with Crippen molar-refractivity contribution in [3.8, 4) is 10.4 Å². The zero-order chi connectivity index (χ0) is 15.0. The Kier molecular flexibility index (Phi) is 3.80. The molecule has 0 saturated carbocycles. The standard InChI is InChI=1S/C16H20N4S/c1-10-13-8-18-16(17)19-15(13)21-14(10)12-6-4-5-11(7-12)9-20(2)3/h4-8,16,19H,9,17H2,1-3H3. The van der Waals surface area contributed by atoms with Crippen LogP contribution >= 0.6 is 11.3 Å². The van der Waals surface area contributed by atoms with E-state index >= 15 is 0 Å². The second-order valence-corrected chi connectivity index (χ2v) is 6.63. The van der Waals surface area contributed by atoms with Gasteiger partial charge >= 0.3 is 0 Å². The van der Waals surface area contributed by atoms with Gasteiger partial charge in [0.25, 0.3) is 0 Å². The Bertz CT molecular complexity index is 688. The van der Waals surface area contributed by atoms with E-state index in [2.05, 4.69) is 60.5 Å². The van der Waals surface area contributed by atoms with E-state index in [-0.39, 0.29) is 6.29 Å². The second kappa shape index (κ2) is 5.60. The monoisotopic (exact) mass is 300 g/mol. The van der Waals surface area contributed by atoms with Gasteiger partial charge in [0.05, 0.1) is 0 Å². The van der Waals surface area contributed by atoms with E-state index in [1.54, 1.807) is 11.3 Å². The van der Waals surface area contributed by atoms with Crippen LogP contribution in [0.2, 0.25) is 0 Å². The Morgan fingerprint density at radius 1 is 1.38 bits per heavy atom. The van der Waals surface area contributed by atoms with Crippen LogP contribution in [0.1, 0.15) is 16.7 Å². The van der Waals surface area contributed by atoms with Crippen molar-refractivity contribution < 1.29 is 0 Å². The maximum atomic E-state index is 5.82. The zero-order valence-electron chi connectivity index (χ0n) is 12.6. The second-order valence-electron chi connectivity index (χ2n) is 5.60. The SMILES string of the molecule is Cc1c(-c2cccc(CN(C)C)c2)sc2c1C=NC(N)N2. The first kappa shape index (κ1) is 14.3. The quantitative estimate of drug-likeness (QED) is 0.916. The topological polar surface area (TPSA) is 53.6 Å². The van der Waals surface area contributed by atoms with Gasteiger partial charge in [-0.2, -0.15) is 0 Å². The van der Waals surface area contributed by atoms with Crippen LogP contribution in [0, 0.1) is 6.92 Å². The van der Waals surface area contributed by atoms with Crippen LogP contribution in [0.15, 0.2) is 29.3 Å². The van der Waals surface area contributed by atoms with Gasteiger partial charge in [0, 0.05) is 23.2 Å². The molecule has 0 amide bonds. The Morgan fingerprint density at radius 3 is 2.95 bits per heavy atom. The number of rotatable bonds is 3. The third-order valence-electron chi connectivity index (χ3n) is 3.52. The summed E-state index contributed by atoms with van der Waals surface area (Å²) in [6.45, 7) is 3.09. The highest BCUT2D eigenvalue weighted by Gasteiger charge is 2.19. The Hall–Kier alpha value is -1.69. The van der Waals surface area contributed by atoms with Gasteiger partial charge < -0.3 is 10.2 Å². The molecule has 1 aromatic heterocycles. The first-order valence-electron chi connectivity index (χ1n) is 6.97. The molecule has 3 N–H and O–H groups in total. The van der Waals surface area contributed by atoms with Crippen molar-refractivity contribution in [3.63, 3.8) is 0 Å². The lowest BCUT2D eigenvalue weighted by Gasteiger charge is -2.14. The highest BCUT2D eigenvalue weighted by molar-refractivity contribution is 7.20. The van der Waals surface area contributed by atoms with E-state index in [0.29, 0.717) is 0 Å². The minimum absolute atomic E-state index is 0.330. The van der Waals surface area contributed by atoms with Crippen molar-refractivity contribution >= 4 is 22.6 Å². The van der Waals surface area contributed by atoms with Crippen LogP contribution in [0.3, 0.4) is 0 Å². The molecule has 21 heavy (non-hydrogen) atoms. The summed E-state index contributed by atoms with van der Waals surface area (Å²) in [5.74, 6) is 0. The largest absolute Gasteiger partial charge is 0.343 e. The number of nitrogens with one attached hydrogen (secondary N) is 1. The lowest BCUT2D eigenvalue weighted by molar-refractivity contribution is 0.402. The molecule has 1 unspecified atom stereocenters. The molecular weight excluding hydrogens is 280 g/mol. The number of nitrogens with two attached hydrogens (primary N) is 1. The molecule has 110 valence electrons. The first-order valence-corrected chi connectivity index (χ1v) is 7.79. The summed E-state index contributed by atoms with van der Waals surface area (Å²) < 4.78 is 0. The lowest BCUT2D eigenvalue weighted by Crippen LogP contribution is -2.29. The van der Waals surface area contributed by atoms with E-state index in [4.69, 9.17) is 5.73 Å². The van der Waals surface area contributed by atoms with Gasteiger partial charge in [0.15, 0.2) is 6.29 Å². The number of fused-ring (bicyclic) bond motifs is 1. The van der Waals surface area contributed by atoms with Crippen molar-refractivity contribution in [2.75, 3.05) is 19.4 Å². The summed E-state index contributed by atoms with van der Waals surface area (Å²) in [7, 11) is 4.17. The van der Waals surface area contributed by atoms with Crippen molar-refractivity contribution in [3.05, 3.63) is 41.0 Å². The van der Waals surface area contributed by atoms with Crippen LogP contribution in [0.5, 0.6) is 0 Å². The van der Waals surface area contributed by atoms with E-state index < -0.39 is 0 Å². The number of hydrogen-bond donors (Lipinski definition) is 2. The van der Waals surface area contributed by atoms with Gasteiger partial charge in [0.1, 0.15) is 5.00 Å². The summed E-state index contributed by atoms with van der Waals surface area (Å²) in [4.78, 5) is 7.70. The van der Waals surface area contributed by atoms with E-state index in [1.165, 1.54) is 21.6 Å². The van der Waals surface area contributed by atoms with Crippen LogP contribution in [-0.2, 0) is 6.54 Å². The van der Waals surface area contributed by atoms with Crippen LogP contribution in [0.4, 0.5) is 5.00 Å². The van der Waals surface area contributed by atoms with E-state index in [1.807, 2.05) is 6.21 Å². The third-order valence-corrected chi connectivity index (χ3v) is 4.81. The molecule has 1 atom stereocenters. The lowest BCUT2D eigenvalue weighted by atomic mass is 10.0. The number of thiophene rings is 1. The van der Waals surface area contributed by atoms with Gasteiger partial charge in [-0.05, 0) is 43.8 Å². The van der Waals surface area contributed by atoms with Gasteiger partial charge in [0.2, 0.25) is 0 Å². The van der Waals surface area contributed by atoms with Crippen LogP contribution in [-0.4, -0.2) is 31.5 Å². The number of nitrogens with zero attached hydrogens (tertiary/aromatic N) is 2. The smallest absolute Gasteiger partial charge is 0.171 e. The normalized spacial score (nSPS) is 16.9. The third kappa shape index (κ3) is 2.85. The maximum absolute atomic E-state index is 5.82. The molecule has 0 spiro atoms. The van der Waals surface area contributed by atoms with Crippen molar-refractivity contribution in [2.24, 2.45) is 10.7 Å². The van der Waals surface area contributed by atoms with E-state index in [9.17, 15) is 0 Å². The summed E-state index contributed by atoms with van der Waals surface area (Å²) in [5.41, 5.74) is 10.8. The molecule has 0 aliphatic carbocycles. The van der Waals surface area contributed by atoms with Crippen molar-refractivity contribution in [1.29, 1.82) is 0 Å². The average molecular weight is 300 g/mol. The van der Waals surface area contributed by atoms with Gasteiger partial charge in [-0.15, -0.1) is 11.3 Å². The van der Waals surface area contributed by atoms with Gasteiger partial charge in [-0.3, -0.25) is 10.7 Å². The summed E-state index contributed by atoms with van der Waals surface area (Å²) in [6.07, 6.45) is 1.55. The molecule has 3 rings (SSSR count). The highest BCUT2D eigenvalue weighted by Crippen LogP contribution is 2.40. The number of aliphatic imine (C=N–C) groups is 1. The minimum Gasteiger partial charge on any atom is -0.343 e. The predicted molar refractivity (Wildman–Crippen MR) is 91.1 cm³/mol. The minimum atomic E-state index is -0.330. The molecular formula is C16H20N4S. The van der Waals surface area contributed by atoms with Crippen LogP contribution < -0.4 is 11.1 Å². The summed E-state index contributed by atoms with van der Waals surface area (Å²) in [6, 6.07) is 8.73. The highest BCUT2D eigenvalue weighted by atomic mass is 32.1. The Labute approximate surface area is 129 Å². The summed E-state index contributed by atoms with van der Waals surface area (Å²) >= 11 is 1.75. The number of anilines is 1. The average Bonchev–Trinajstić information content (AvgIpc) is 2.75. The molecule has 1 aliphatic rings. The fourth-order valence-electron chi connectivity index (χ4n) is 2.57. The van der Waals surface area contributed by atoms with Crippen molar-refractivity contribution in [2.45, 2.75) is 19.8 Å². The van der Waals surface area contributed by atoms with E-state index in [0.717, 1.165) is 17.1 Å². The summed E-state index contributed by atoms with van der Waals surface area (Å²) in [5, 5.41) is 4.34. The first-order chi connectivity index (χ1) is 10.0. The molecule has 2 heterocycles.